The molecule has 0 aliphatic heterocycles. The third kappa shape index (κ3) is 4.16. The van der Waals surface area contributed by atoms with E-state index in [9.17, 15) is 14.4 Å². The van der Waals surface area contributed by atoms with Gasteiger partial charge in [-0.3, -0.25) is 10.1 Å². The van der Waals surface area contributed by atoms with Crippen molar-refractivity contribution >= 4 is 17.9 Å². The summed E-state index contributed by atoms with van der Waals surface area (Å²) in [5, 5.41) is 5.44. The molecule has 5 rings (SSSR count). The molecule has 2 N–H and O–H groups in total. The number of imide groups is 1. The molecule has 3 amide bonds. The van der Waals surface area contributed by atoms with Crippen molar-refractivity contribution < 1.29 is 23.9 Å². The van der Waals surface area contributed by atoms with Gasteiger partial charge in [0.15, 0.2) is 6.10 Å². The number of ether oxygens (including phenoxy) is 2. The van der Waals surface area contributed by atoms with E-state index in [-0.39, 0.29) is 11.1 Å². The highest BCUT2D eigenvalue weighted by molar-refractivity contribution is 5.99. The van der Waals surface area contributed by atoms with Crippen molar-refractivity contribution in [2.75, 3.05) is 7.11 Å². The van der Waals surface area contributed by atoms with Gasteiger partial charge >= 0.3 is 12.0 Å². The van der Waals surface area contributed by atoms with Gasteiger partial charge in [0, 0.05) is 5.54 Å². The molecule has 0 radical (unpaired) electrons. The quantitative estimate of drug-likeness (QED) is 0.721. The number of aryl methyl sites for hydroxylation is 1. The van der Waals surface area contributed by atoms with Gasteiger partial charge in [0.2, 0.25) is 0 Å². The molecule has 1 atom stereocenters. The molecule has 0 aromatic heterocycles. The molecule has 4 saturated carbocycles. The maximum Gasteiger partial charge on any atom is 0.342 e. The van der Waals surface area contributed by atoms with E-state index >= 15 is 0 Å². The van der Waals surface area contributed by atoms with Crippen molar-refractivity contribution in [3.05, 3.63) is 29.3 Å². The van der Waals surface area contributed by atoms with E-state index in [0.29, 0.717) is 23.5 Å². The number of rotatable bonds is 5. The highest BCUT2D eigenvalue weighted by Gasteiger charge is 2.51. The minimum absolute atomic E-state index is 0.187. The SMILES string of the molecule is COc1ccc(C)cc1C(=O)O[C@@H](C)C(=O)NC(=O)NC12CC3CC(CC(C3)C1)C2. The summed E-state index contributed by atoms with van der Waals surface area (Å²) in [6, 6.07) is 4.64. The van der Waals surface area contributed by atoms with Crippen LogP contribution in [0.5, 0.6) is 5.75 Å². The number of carbonyl (C=O) groups is 3. The maximum atomic E-state index is 12.5. The van der Waals surface area contributed by atoms with Gasteiger partial charge in [-0.1, -0.05) is 11.6 Å². The normalized spacial score (nSPS) is 29.8. The van der Waals surface area contributed by atoms with Crippen molar-refractivity contribution in [1.29, 1.82) is 0 Å². The number of carbonyl (C=O) groups excluding carboxylic acids is 3. The summed E-state index contributed by atoms with van der Waals surface area (Å²) < 4.78 is 10.5. The van der Waals surface area contributed by atoms with Crippen LogP contribution in [0.25, 0.3) is 0 Å². The zero-order chi connectivity index (χ0) is 21.5. The standard InChI is InChI=1S/C23H30N2O5/c1-13-4-5-19(29-3)18(6-13)21(27)30-14(2)20(26)24-22(28)25-23-10-15-7-16(11-23)9-17(8-15)12-23/h4-6,14-17H,7-12H2,1-3H3,(H2,24,25,26,28)/t14-,15?,16?,17?,23?/m0/s1. The molecule has 30 heavy (non-hydrogen) atoms. The Labute approximate surface area is 176 Å². The summed E-state index contributed by atoms with van der Waals surface area (Å²) in [5.74, 6) is 1.14. The van der Waals surface area contributed by atoms with Crippen LogP contribution in [0.3, 0.4) is 0 Å². The number of hydrogen-bond donors (Lipinski definition) is 2. The predicted molar refractivity (Wildman–Crippen MR) is 110 cm³/mol. The summed E-state index contributed by atoms with van der Waals surface area (Å²) >= 11 is 0. The lowest BCUT2D eigenvalue weighted by atomic mass is 9.53. The van der Waals surface area contributed by atoms with Crippen molar-refractivity contribution in [3.63, 3.8) is 0 Å². The van der Waals surface area contributed by atoms with Crippen molar-refractivity contribution in [2.45, 2.75) is 64.0 Å². The first-order valence-corrected chi connectivity index (χ1v) is 10.8. The minimum atomic E-state index is -1.11. The van der Waals surface area contributed by atoms with Gasteiger partial charge in [0.1, 0.15) is 11.3 Å². The first kappa shape index (κ1) is 20.7. The Morgan fingerprint density at radius 3 is 2.23 bits per heavy atom. The van der Waals surface area contributed by atoms with Crippen molar-refractivity contribution in [2.24, 2.45) is 17.8 Å². The summed E-state index contributed by atoms with van der Waals surface area (Å²) in [7, 11) is 1.46. The van der Waals surface area contributed by atoms with Gasteiger partial charge in [0.25, 0.3) is 5.91 Å². The predicted octanol–water partition coefficient (Wildman–Crippen LogP) is 3.34. The van der Waals surface area contributed by atoms with E-state index in [2.05, 4.69) is 10.6 Å². The molecule has 4 aliphatic carbocycles. The van der Waals surface area contributed by atoms with E-state index < -0.39 is 24.0 Å². The molecule has 7 nitrogen and oxygen atoms in total. The number of urea groups is 1. The Morgan fingerprint density at radius 2 is 1.67 bits per heavy atom. The van der Waals surface area contributed by atoms with Crippen LogP contribution in [0.15, 0.2) is 18.2 Å². The average Bonchev–Trinajstić information content (AvgIpc) is 2.66. The van der Waals surface area contributed by atoms with Gasteiger partial charge in [0.05, 0.1) is 7.11 Å². The van der Waals surface area contributed by atoms with E-state index in [4.69, 9.17) is 9.47 Å². The first-order valence-electron chi connectivity index (χ1n) is 10.8. The lowest BCUT2D eigenvalue weighted by Gasteiger charge is -2.56. The van der Waals surface area contributed by atoms with Crippen LogP contribution in [-0.2, 0) is 9.53 Å². The van der Waals surface area contributed by atoms with Crippen molar-refractivity contribution in [3.8, 4) is 5.75 Å². The van der Waals surface area contributed by atoms with Crippen LogP contribution in [0, 0.1) is 24.7 Å². The largest absolute Gasteiger partial charge is 0.496 e. The molecule has 162 valence electrons. The van der Waals surface area contributed by atoms with Crippen LogP contribution in [0.2, 0.25) is 0 Å². The maximum absolute atomic E-state index is 12.5. The molecular weight excluding hydrogens is 384 g/mol. The number of nitrogens with one attached hydrogen (secondary N) is 2. The zero-order valence-electron chi connectivity index (χ0n) is 17.8. The number of methoxy groups -OCH3 is 1. The molecule has 1 aromatic carbocycles. The molecular formula is C23H30N2O5. The topological polar surface area (TPSA) is 93.7 Å². The molecule has 0 spiro atoms. The van der Waals surface area contributed by atoms with Gasteiger partial charge in [-0.2, -0.15) is 0 Å². The van der Waals surface area contributed by atoms with Gasteiger partial charge < -0.3 is 14.8 Å². The third-order valence-electron chi connectivity index (χ3n) is 6.88. The Kier molecular flexibility index (Phi) is 5.47. The minimum Gasteiger partial charge on any atom is -0.496 e. The lowest BCUT2D eigenvalue weighted by Crippen LogP contribution is -2.62. The summed E-state index contributed by atoms with van der Waals surface area (Å²) in [6.45, 7) is 3.30. The highest BCUT2D eigenvalue weighted by atomic mass is 16.5. The van der Waals surface area contributed by atoms with Crippen LogP contribution in [0.1, 0.15) is 61.4 Å². The summed E-state index contributed by atoms with van der Waals surface area (Å²) in [4.78, 5) is 37.5. The Morgan fingerprint density at radius 1 is 1.07 bits per heavy atom. The van der Waals surface area contributed by atoms with Crippen LogP contribution < -0.4 is 15.4 Å². The molecule has 0 unspecified atom stereocenters. The summed E-state index contributed by atoms with van der Waals surface area (Å²) in [6.07, 6.45) is 5.71. The molecule has 0 heterocycles. The monoisotopic (exact) mass is 414 g/mol. The second-order valence-corrected chi connectivity index (χ2v) is 9.39. The molecule has 1 aromatic rings. The average molecular weight is 415 g/mol. The smallest absolute Gasteiger partial charge is 0.342 e. The van der Waals surface area contributed by atoms with Gasteiger partial charge in [-0.05, 0) is 82.3 Å². The second kappa shape index (κ2) is 7.93. The molecule has 4 fully saturated rings. The first-order chi connectivity index (χ1) is 14.3. The van der Waals surface area contributed by atoms with E-state index in [1.807, 2.05) is 13.0 Å². The van der Waals surface area contributed by atoms with Gasteiger partial charge in [-0.25, -0.2) is 9.59 Å². The number of esters is 1. The Bertz CT molecular complexity index is 830. The number of benzene rings is 1. The Hall–Kier alpha value is -2.57. The fourth-order valence-corrected chi connectivity index (χ4v) is 6.01. The summed E-state index contributed by atoms with van der Waals surface area (Å²) in [5.41, 5.74) is 0.929. The molecule has 0 saturated heterocycles. The van der Waals surface area contributed by atoms with E-state index in [1.165, 1.54) is 33.3 Å². The molecule has 7 heteroatoms. The van der Waals surface area contributed by atoms with Crippen molar-refractivity contribution in [1.82, 2.24) is 10.6 Å². The van der Waals surface area contributed by atoms with Crippen LogP contribution >= 0.6 is 0 Å². The van der Waals surface area contributed by atoms with Gasteiger partial charge in [-0.15, -0.1) is 0 Å². The zero-order valence-corrected chi connectivity index (χ0v) is 17.8. The van der Waals surface area contributed by atoms with Crippen LogP contribution in [0.4, 0.5) is 4.79 Å². The highest BCUT2D eigenvalue weighted by Crippen LogP contribution is 2.55. The number of amides is 3. The molecule has 4 bridgehead atoms. The number of hydrogen-bond acceptors (Lipinski definition) is 5. The fourth-order valence-electron chi connectivity index (χ4n) is 6.01. The van der Waals surface area contributed by atoms with E-state index in [0.717, 1.165) is 24.8 Å². The molecule has 4 aliphatic rings. The fraction of sp³-hybridized carbons (Fsp3) is 0.609. The van der Waals surface area contributed by atoms with E-state index in [1.54, 1.807) is 12.1 Å². The third-order valence-corrected chi connectivity index (χ3v) is 6.88. The Balaban J connectivity index is 1.33. The lowest BCUT2D eigenvalue weighted by molar-refractivity contribution is -0.128. The van der Waals surface area contributed by atoms with Crippen LogP contribution in [-0.4, -0.2) is 36.7 Å². The second-order valence-electron chi connectivity index (χ2n) is 9.39.